The number of halogens is 6. The molecule has 2 aliphatic heterocycles. The number of carbonyl (C=O) groups is 4. The van der Waals surface area contributed by atoms with Gasteiger partial charge in [-0.05, 0) is 36.6 Å². The van der Waals surface area contributed by atoms with E-state index >= 15 is 0 Å². The van der Waals surface area contributed by atoms with Crippen molar-refractivity contribution in [3.63, 3.8) is 0 Å². The highest BCUT2D eigenvalue weighted by atomic mass is 19.4. The largest absolute Gasteiger partial charge is 0.406 e. The number of alkyl halides is 3. The zero-order valence-electron chi connectivity index (χ0n) is 21.6. The van der Waals surface area contributed by atoms with Gasteiger partial charge in [0.2, 0.25) is 5.91 Å². The highest BCUT2D eigenvalue weighted by molar-refractivity contribution is 6.07. The van der Waals surface area contributed by atoms with Crippen molar-refractivity contribution in [2.75, 3.05) is 13.6 Å². The second-order valence-electron chi connectivity index (χ2n) is 10.5. The Labute approximate surface area is 228 Å². The lowest BCUT2D eigenvalue weighted by Crippen LogP contribution is -2.59. The number of benzene rings is 1. The minimum absolute atomic E-state index is 0.0518. The van der Waals surface area contributed by atoms with Crippen molar-refractivity contribution in [3.05, 3.63) is 64.2 Å². The molecule has 9 nitrogen and oxygen atoms in total. The Morgan fingerprint density at radius 1 is 1.15 bits per heavy atom. The van der Waals surface area contributed by atoms with Gasteiger partial charge >= 0.3 is 12.2 Å². The van der Waals surface area contributed by atoms with Crippen molar-refractivity contribution in [1.29, 1.82) is 0 Å². The topological polar surface area (TPSA) is 112 Å². The SMILES string of the molecule is C[C@@H]1[C@H](c2cc(F)cc(F)c2F)C[C@H](NC(=O)c2cnc3c(c2)C[C@@]2(C3)C(=O)NC(=O)N2C)C(=O)N1CC(F)(F)F. The summed E-state index contributed by atoms with van der Waals surface area (Å²) in [4.78, 5) is 56.6. The number of nitrogens with zero attached hydrogens (tertiary/aromatic N) is 3. The zero-order valence-corrected chi connectivity index (χ0v) is 21.6. The Morgan fingerprint density at radius 2 is 1.85 bits per heavy atom. The molecule has 0 radical (unpaired) electrons. The summed E-state index contributed by atoms with van der Waals surface area (Å²) in [6.07, 6.45) is -3.98. The predicted octanol–water partition coefficient (Wildman–Crippen LogP) is 2.58. The fraction of sp³-hybridized carbons (Fsp3) is 0.423. The molecule has 1 aromatic carbocycles. The Kier molecular flexibility index (Phi) is 6.73. The molecule has 3 heterocycles. The third kappa shape index (κ3) is 4.86. The van der Waals surface area contributed by atoms with Gasteiger partial charge in [0.1, 0.15) is 23.9 Å². The molecular formula is C26H23F6N5O4. The van der Waals surface area contributed by atoms with E-state index in [2.05, 4.69) is 15.6 Å². The number of hydrogen-bond acceptors (Lipinski definition) is 5. The van der Waals surface area contributed by atoms with Crippen LogP contribution in [-0.2, 0) is 22.4 Å². The van der Waals surface area contributed by atoms with Gasteiger partial charge in [0.15, 0.2) is 11.6 Å². The van der Waals surface area contributed by atoms with Crippen LogP contribution < -0.4 is 10.6 Å². The molecule has 0 unspecified atom stereocenters. The average Bonchev–Trinajstić information content (AvgIpc) is 3.37. The van der Waals surface area contributed by atoms with Crippen molar-refractivity contribution in [1.82, 2.24) is 25.4 Å². The van der Waals surface area contributed by atoms with Crippen LogP contribution in [0.3, 0.4) is 0 Å². The minimum Gasteiger partial charge on any atom is -0.340 e. The van der Waals surface area contributed by atoms with Gasteiger partial charge in [-0.25, -0.2) is 18.0 Å². The minimum atomic E-state index is -4.85. The van der Waals surface area contributed by atoms with Gasteiger partial charge in [-0.1, -0.05) is 0 Å². The van der Waals surface area contributed by atoms with E-state index in [1.165, 1.54) is 24.9 Å². The molecule has 2 N–H and O–H groups in total. The first-order chi connectivity index (χ1) is 19.1. The van der Waals surface area contributed by atoms with Crippen molar-refractivity contribution < 1.29 is 45.5 Å². The Morgan fingerprint density at radius 3 is 2.49 bits per heavy atom. The van der Waals surface area contributed by atoms with Gasteiger partial charge in [0.25, 0.3) is 11.8 Å². The molecule has 3 aliphatic rings. The second-order valence-corrected chi connectivity index (χ2v) is 10.5. The lowest BCUT2D eigenvalue weighted by atomic mass is 9.81. The van der Waals surface area contributed by atoms with Crippen LogP contribution in [0.4, 0.5) is 31.1 Å². The Balaban J connectivity index is 1.42. The molecule has 2 aromatic rings. The lowest BCUT2D eigenvalue weighted by Gasteiger charge is -2.43. The van der Waals surface area contributed by atoms with E-state index in [4.69, 9.17) is 0 Å². The number of hydrogen-bond donors (Lipinski definition) is 2. The molecule has 1 spiro atoms. The molecule has 1 aliphatic carbocycles. The number of piperidine rings is 1. The van der Waals surface area contributed by atoms with E-state index in [1.807, 2.05) is 0 Å². The fourth-order valence-corrected chi connectivity index (χ4v) is 5.85. The first kappa shape index (κ1) is 28.4. The normalized spacial score (nSPS) is 26.0. The van der Waals surface area contributed by atoms with Crippen molar-refractivity contribution in [3.8, 4) is 0 Å². The van der Waals surface area contributed by atoms with Crippen LogP contribution in [0.5, 0.6) is 0 Å². The number of nitrogens with one attached hydrogen (secondary N) is 2. The van der Waals surface area contributed by atoms with Crippen molar-refractivity contribution in [2.45, 2.75) is 55.9 Å². The van der Waals surface area contributed by atoms with Crippen LogP contribution in [0, 0.1) is 17.5 Å². The summed E-state index contributed by atoms with van der Waals surface area (Å²) in [5.74, 6) is -7.98. The van der Waals surface area contributed by atoms with Gasteiger partial charge in [-0.3, -0.25) is 24.7 Å². The zero-order chi connectivity index (χ0) is 30.0. The third-order valence-corrected chi connectivity index (χ3v) is 8.07. The number of aromatic nitrogens is 1. The number of rotatable bonds is 4. The number of likely N-dealkylation sites (N-methyl/N-ethyl adjacent to an activating group) is 1. The standard InChI is InChI=1S/C26H23F6N5O4/c1-11-15(16-4-14(27)5-17(28)20(16)29)6-18(22(39)37(11)10-26(30,31)32)34-21(38)13-3-12-7-25(8-19(12)33-9-13)23(40)35-24(41)36(25)2/h3-5,9,11,15,18H,6-8,10H2,1-2H3,(H,34,38)(H,35,40,41)/t11-,15-,18+,25-/m1/s1. The maximum absolute atomic E-state index is 14.7. The summed E-state index contributed by atoms with van der Waals surface area (Å²) in [5.41, 5.74) is -0.923. The van der Waals surface area contributed by atoms with Crippen LogP contribution >= 0.6 is 0 Å². The van der Waals surface area contributed by atoms with Crippen LogP contribution in [0.1, 0.15) is 46.4 Å². The molecule has 0 saturated carbocycles. The number of likely N-dealkylation sites (tertiary alicyclic amines) is 1. The molecule has 0 bridgehead atoms. The number of amides is 5. The van der Waals surface area contributed by atoms with Crippen molar-refractivity contribution >= 4 is 23.8 Å². The fourth-order valence-electron chi connectivity index (χ4n) is 5.85. The lowest BCUT2D eigenvalue weighted by molar-refractivity contribution is -0.170. The predicted molar refractivity (Wildman–Crippen MR) is 128 cm³/mol. The maximum Gasteiger partial charge on any atom is 0.406 e. The van der Waals surface area contributed by atoms with E-state index in [0.717, 1.165) is 6.20 Å². The van der Waals surface area contributed by atoms with Gasteiger partial charge in [0.05, 0.1) is 5.56 Å². The Bertz CT molecular complexity index is 1480. The summed E-state index contributed by atoms with van der Waals surface area (Å²) in [5, 5.41) is 4.58. The number of imide groups is 1. The van der Waals surface area contributed by atoms with E-state index in [0.29, 0.717) is 22.2 Å². The molecule has 41 heavy (non-hydrogen) atoms. The number of pyridine rings is 1. The summed E-state index contributed by atoms with van der Waals surface area (Å²) in [6.45, 7) is -0.526. The smallest absolute Gasteiger partial charge is 0.340 e. The van der Waals surface area contributed by atoms with Gasteiger partial charge in [-0.15, -0.1) is 0 Å². The molecule has 4 atom stereocenters. The van der Waals surface area contributed by atoms with Gasteiger partial charge in [0, 0.05) is 49.8 Å². The molecule has 5 amide bonds. The van der Waals surface area contributed by atoms with Gasteiger partial charge < -0.3 is 15.1 Å². The van der Waals surface area contributed by atoms with Crippen LogP contribution in [-0.4, -0.2) is 75.9 Å². The highest BCUT2D eigenvalue weighted by Gasteiger charge is 2.55. The summed E-state index contributed by atoms with van der Waals surface area (Å²) >= 11 is 0. The van der Waals surface area contributed by atoms with Crippen LogP contribution in [0.15, 0.2) is 24.4 Å². The number of fused-ring (bicyclic) bond motifs is 1. The summed E-state index contributed by atoms with van der Waals surface area (Å²) < 4.78 is 82.7. The highest BCUT2D eigenvalue weighted by Crippen LogP contribution is 2.38. The van der Waals surface area contributed by atoms with E-state index in [9.17, 15) is 45.5 Å². The molecule has 1 aromatic heterocycles. The summed E-state index contributed by atoms with van der Waals surface area (Å²) in [7, 11) is 1.45. The monoisotopic (exact) mass is 583 g/mol. The first-order valence-corrected chi connectivity index (χ1v) is 12.5. The Hall–Kier alpha value is -4.17. The maximum atomic E-state index is 14.7. The third-order valence-electron chi connectivity index (χ3n) is 8.07. The van der Waals surface area contributed by atoms with Crippen LogP contribution in [0.2, 0.25) is 0 Å². The molecular weight excluding hydrogens is 560 g/mol. The van der Waals surface area contributed by atoms with E-state index in [-0.39, 0.29) is 24.5 Å². The number of urea groups is 1. The molecule has 218 valence electrons. The first-order valence-electron chi connectivity index (χ1n) is 12.5. The second kappa shape index (κ2) is 9.73. The van der Waals surface area contributed by atoms with Gasteiger partial charge in [-0.2, -0.15) is 13.2 Å². The average molecular weight is 583 g/mol. The van der Waals surface area contributed by atoms with E-state index in [1.54, 1.807) is 0 Å². The quantitative estimate of drug-likeness (QED) is 0.327. The molecule has 15 heteroatoms. The molecule has 5 rings (SSSR count). The summed E-state index contributed by atoms with van der Waals surface area (Å²) in [6, 6.07) is -1.15. The molecule has 2 fully saturated rings. The van der Waals surface area contributed by atoms with Crippen LogP contribution in [0.25, 0.3) is 0 Å². The van der Waals surface area contributed by atoms with E-state index < -0.39 is 89.5 Å². The molecule has 2 saturated heterocycles. The van der Waals surface area contributed by atoms with Crippen molar-refractivity contribution in [2.24, 2.45) is 0 Å². The number of carbonyl (C=O) groups excluding carboxylic acids is 4.